The molecule has 5 aliphatic carbocycles. The molecule has 0 aromatic heterocycles. The fourth-order valence-corrected chi connectivity index (χ4v) is 7.94. The molecule has 5 nitrogen and oxygen atoms in total. The molecule has 0 amide bonds. The molecule has 5 saturated carbocycles. The molecular weight excluding hydrogens is 452 g/mol. The van der Waals surface area contributed by atoms with Gasteiger partial charge in [0.1, 0.15) is 18.0 Å². The zero-order valence-electron chi connectivity index (χ0n) is 23.3. The summed E-state index contributed by atoms with van der Waals surface area (Å²) in [6, 6.07) is 0. The van der Waals surface area contributed by atoms with Gasteiger partial charge in [-0.2, -0.15) is 0 Å². The Morgan fingerprint density at radius 2 is 1.67 bits per heavy atom. The van der Waals surface area contributed by atoms with Crippen molar-refractivity contribution in [2.45, 2.75) is 130 Å². The van der Waals surface area contributed by atoms with Crippen molar-refractivity contribution in [1.29, 1.82) is 0 Å². The summed E-state index contributed by atoms with van der Waals surface area (Å²) in [6.07, 6.45) is 16.7. The summed E-state index contributed by atoms with van der Waals surface area (Å²) in [5.74, 6) is 2.19. The Hall–Kier alpha value is -1.65. The van der Waals surface area contributed by atoms with Gasteiger partial charge in [-0.3, -0.25) is 14.4 Å². The molecule has 0 aromatic rings. The second kappa shape index (κ2) is 10.6. The van der Waals surface area contributed by atoms with Gasteiger partial charge in [0.15, 0.2) is 0 Å². The molecule has 5 unspecified atom stereocenters. The van der Waals surface area contributed by atoms with E-state index in [0.29, 0.717) is 31.1 Å². The van der Waals surface area contributed by atoms with E-state index in [2.05, 4.69) is 12.2 Å². The Labute approximate surface area is 218 Å². The lowest BCUT2D eigenvalue weighted by Crippen LogP contribution is -2.41. The molecule has 5 heteroatoms. The summed E-state index contributed by atoms with van der Waals surface area (Å²) in [6.45, 7) is 9.50. The van der Waals surface area contributed by atoms with Crippen molar-refractivity contribution in [1.82, 2.24) is 0 Å². The van der Waals surface area contributed by atoms with E-state index in [9.17, 15) is 14.4 Å². The molecule has 5 rings (SSSR count). The Kier molecular flexibility index (Phi) is 8.07. The topological polar surface area (TPSA) is 69.7 Å². The second-order valence-electron chi connectivity index (χ2n) is 13.7. The standard InChI is InChI=1S/C31H48O5/c1-6-30(5,20-29(3,4)27(33)36-26-9-7-8-25(32)16-26)28(34)35-21(2)12-13-31-17-22-10-11-23(18-31)15-24(14-22)19-31/h12-13,21-24,26H,6-11,14-20H2,1-5H3. The summed E-state index contributed by atoms with van der Waals surface area (Å²) in [4.78, 5) is 38.1. The first-order chi connectivity index (χ1) is 16.9. The molecule has 4 bridgehead atoms. The first-order valence-electron chi connectivity index (χ1n) is 14.6. The van der Waals surface area contributed by atoms with E-state index in [0.717, 1.165) is 30.6 Å². The highest BCUT2D eigenvalue weighted by atomic mass is 16.5. The smallest absolute Gasteiger partial charge is 0.312 e. The minimum atomic E-state index is -0.846. The quantitative estimate of drug-likeness (QED) is 0.253. The highest BCUT2D eigenvalue weighted by Crippen LogP contribution is 2.58. The fraction of sp³-hybridized carbons (Fsp3) is 0.839. The molecule has 0 heterocycles. The zero-order chi connectivity index (χ0) is 26.1. The predicted molar refractivity (Wildman–Crippen MR) is 140 cm³/mol. The van der Waals surface area contributed by atoms with Gasteiger partial charge in [-0.1, -0.05) is 25.8 Å². The SMILES string of the molecule is CCC(C)(CC(C)(C)C(=O)OC1CCCC(=O)C1)C(=O)OC(C)C=CC12CC3CCC(CC(C3)C1)C2. The number of fused-ring (bicyclic) bond motifs is 1. The van der Waals surface area contributed by atoms with Crippen LogP contribution in [0.25, 0.3) is 0 Å². The molecule has 0 aromatic carbocycles. The number of Topliss-reactive ketones (excluding diaryl/α,β-unsaturated/α-hetero) is 1. The number of esters is 2. The van der Waals surface area contributed by atoms with Crippen LogP contribution in [0.5, 0.6) is 0 Å². The number of allylic oxidation sites excluding steroid dienone is 1. The summed E-state index contributed by atoms with van der Waals surface area (Å²) >= 11 is 0. The van der Waals surface area contributed by atoms with Gasteiger partial charge in [-0.15, -0.1) is 0 Å². The van der Waals surface area contributed by atoms with Gasteiger partial charge >= 0.3 is 11.9 Å². The van der Waals surface area contributed by atoms with Crippen LogP contribution in [0.1, 0.15) is 118 Å². The lowest BCUT2D eigenvalue weighted by atomic mass is 9.58. The van der Waals surface area contributed by atoms with Crippen LogP contribution in [0.4, 0.5) is 0 Å². The summed E-state index contributed by atoms with van der Waals surface area (Å²) in [5.41, 5.74) is -1.33. The average Bonchev–Trinajstić information content (AvgIpc) is 3.02. The fourth-order valence-electron chi connectivity index (χ4n) is 7.94. The molecule has 0 saturated heterocycles. The van der Waals surface area contributed by atoms with Gasteiger partial charge < -0.3 is 9.47 Å². The monoisotopic (exact) mass is 500 g/mol. The third-order valence-electron chi connectivity index (χ3n) is 9.78. The zero-order valence-corrected chi connectivity index (χ0v) is 23.3. The number of hydrogen-bond donors (Lipinski definition) is 0. The lowest BCUT2D eigenvalue weighted by Gasteiger charge is -2.47. The van der Waals surface area contributed by atoms with Gasteiger partial charge in [0.2, 0.25) is 0 Å². The molecule has 36 heavy (non-hydrogen) atoms. The number of rotatable bonds is 9. The van der Waals surface area contributed by atoms with Crippen LogP contribution in [0.2, 0.25) is 0 Å². The molecule has 0 spiro atoms. The molecule has 202 valence electrons. The number of ether oxygens (including phenoxy) is 2. The summed E-state index contributed by atoms with van der Waals surface area (Å²) in [5, 5.41) is 0. The maximum Gasteiger partial charge on any atom is 0.312 e. The lowest BCUT2D eigenvalue weighted by molar-refractivity contribution is -0.168. The first kappa shape index (κ1) is 27.4. The van der Waals surface area contributed by atoms with Gasteiger partial charge in [0, 0.05) is 12.8 Å². The van der Waals surface area contributed by atoms with Crippen LogP contribution in [-0.2, 0) is 23.9 Å². The first-order valence-corrected chi connectivity index (χ1v) is 14.6. The Bertz CT molecular complexity index is 856. The van der Waals surface area contributed by atoms with Gasteiger partial charge in [0.05, 0.1) is 10.8 Å². The van der Waals surface area contributed by atoms with Crippen LogP contribution < -0.4 is 0 Å². The normalized spacial score (nSPS) is 34.8. The maximum atomic E-state index is 13.4. The molecule has 0 radical (unpaired) electrons. The summed E-state index contributed by atoms with van der Waals surface area (Å²) < 4.78 is 11.7. The average molecular weight is 501 g/mol. The molecular formula is C31H48O5. The van der Waals surface area contributed by atoms with Crippen LogP contribution in [0.15, 0.2) is 12.2 Å². The molecule has 5 fully saturated rings. The Balaban J connectivity index is 1.35. The number of ketones is 1. The van der Waals surface area contributed by atoms with Crippen molar-refractivity contribution >= 4 is 17.7 Å². The van der Waals surface area contributed by atoms with Gasteiger partial charge in [-0.05, 0) is 115 Å². The van der Waals surface area contributed by atoms with E-state index in [1.165, 1.54) is 44.9 Å². The molecule has 0 aliphatic heterocycles. The minimum absolute atomic E-state index is 0.157. The molecule has 0 N–H and O–H groups in total. The Morgan fingerprint density at radius 3 is 2.28 bits per heavy atom. The molecule has 5 atom stereocenters. The van der Waals surface area contributed by atoms with E-state index in [-0.39, 0.29) is 29.9 Å². The van der Waals surface area contributed by atoms with Gasteiger partial charge in [0.25, 0.3) is 0 Å². The second-order valence-corrected chi connectivity index (χ2v) is 13.7. The number of carbonyl (C=O) groups excluding carboxylic acids is 3. The largest absolute Gasteiger partial charge is 0.461 e. The highest BCUT2D eigenvalue weighted by Gasteiger charge is 2.47. The van der Waals surface area contributed by atoms with Crippen molar-refractivity contribution in [3.8, 4) is 0 Å². The van der Waals surface area contributed by atoms with Crippen LogP contribution >= 0.6 is 0 Å². The highest BCUT2D eigenvalue weighted by molar-refractivity contribution is 5.82. The Morgan fingerprint density at radius 1 is 1.03 bits per heavy atom. The minimum Gasteiger partial charge on any atom is -0.461 e. The van der Waals surface area contributed by atoms with Crippen molar-refractivity contribution in [2.24, 2.45) is 34.0 Å². The van der Waals surface area contributed by atoms with Crippen molar-refractivity contribution in [3.63, 3.8) is 0 Å². The van der Waals surface area contributed by atoms with Crippen LogP contribution in [0.3, 0.4) is 0 Å². The van der Waals surface area contributed by atoms with Crippen LogP contribution in [0, 0.1) is 34.0 Å². The number of hydrogen-bond acceptors (Lipinski definition) is 5. The van der Waals surface area contributed by atoms with Crippen molar-refractivity contribution in [2.75, 3.05) is 0 Å². The van der Waals surface area contributed by atoms with E-state index in [1.807, 2.05) is 34.6 Å². The number of carbonyl (C=O) groups is 3. The van der Waals surface area contributed by atoms with E-state index >= 15 is 0 Å². The van der Waals surface area contributed by atoms with Crippen LogP contribution in [-0.4, -0.2) is 29.9 Å². The van der Waals surface area contributed by atoms with E-state index in [4.69, 9.17) is 9.47 Å². The van der Waals surface area contributed by atoms with E-state index in [1.54, 1.807) is 0 Å². The predicted octanol–water partition coefficient (Wildman–Crippen LogP) is 6.97. The summed E-state index contributed by atoms with van der Waals surface area (Å²) in [7, 11) is 0. The third kappa shape index (κ3) is 6.25. The molecule has 5 aliphatic rings. The van der Waals surface area contributed by atoms with E-state index < -0.39 is 10.8 Å². The van der Waals surface area contributed by atoms with Crippen molar-refractivity contribution < 1.29 is 23.9 Å². The van der Waals surface area contributed by atoms with Gasteiger partial charge in [-0.25, -0.2) is 0 Å². The third-order valence-corrected chi connectivity index (χ3v) is 9.78. The maximum absolute atomic E-state index is 13.4. The van der Waals surface area contributed by atoms with Crippen molar-refractivity contribution in [3.05, 3.63) is 12.2 Å².